The van der Waals surface area contributed by atoms with Gasteiger partial charge in [0.2, 0.25) is 18.0 Å². The lowest BCUT2D eigenvalue weighted by Gasteiger charge is -2.24. The molecule has 0 aromatic heterocycles. The Bertz CT molecular complexity index is 848. The molecule has 1 unspecified atom stereocenters. The van der Waals surface area contributed by atoms with E-state index in [2.05, 4.69) is 31.1 Å². The van der Waals surface area contributed by atoms with Gasteiger partial charge in [-0.2, -0.15) is 0 Å². The van der Waals surface area contributed by atoms with Crippen LogP contribution in [-0.4, -0.2) is 36.1 Å². The second-order valence-corrected chi connectivity index (χ2v) is 8.90. The predicted molar refractivity (Wildman–Crippen MR) is 129 cm³/mol. The number of amides is 3. The van der Waals surface area contributed by atoms with E-state index in [-0.39, 0.29) is 18.2 Å². The number of rotatable bonds is 11. The van der Waals surface area contributed by atoms with E-state index in [0.717, 1.165) is 36.8 Å². The Labute approximate surface area is 191 Å². The van der Waals surface area contributed by atoms with Crippen LogP contribution in [0, 0.1) is 5.92 Å². The van der Waals surface area contributed by atoms with Gasteiger partial charge in [0, 0.05) is 24.1 Å². The highest BCUT2D eigenvalue weighted by Gasteiger charge is 2.35. The van der Waals surface area contributed by atoms with Crippen molar-refractivity contribution in [1.82, 2.24) is 5.32 Å². The van der Waals surface area contributed by atoms with Gasteiger partial charge in [-0.25, -0.2) is 4.90 Å². The molecule has 1 aromatic rings. The number of carbonyl (C=O) groups excluding carboxylic acids is 3. The number of benzodiazepines with no additional fused rings is 1. The molecule has 1 heterocycles. The molecule has 7 nitrogen and oxygen atoms in total. The molecule has 0 aliphatic carbocycles. The molecule has 0 fully saturated rings. The number of aliphatic imine (C=N–C) groups is 1. The monoisotopic (exact) mass is 442 g/mol. The zero-order chi connectivity index (χ0) is 23.7. The third-order valence-corrected chi connectivity index (χ3v) is 5.51. The summed E-state index contributed by atoms with van der Waals surface area (Å²) < 4.78 is 0. The van der Waals surface area contributed by atoms with Crippen LogP contribution in [0.2, 0.25) is 0 Å². The van der Waals surface area contributed by atoms with Gasteiger partial charge in [-0.05, 0) is 62.8 Å². The zero-order valence-corrected chi connectivity index (χ0v) is 19.9. The second kappa shape index (κ2) is 12.5. The molecule has 176 valence electrons. The SMILES string of the molecule is CCCCCC(=O)NC1N=C(C)c2cc(CC(C)C)ccc2N(C(=O)CCCCN)C1=O. The lowest BCUT2D eigenvalue weighted by atomic mass is 9.98. The summed E-state index contributed by atoms with van der Waals surface area (Å²) in [4.78, 5) is 44.7. The number of benzene rings is 1. The molecule has 1 atom stereocenters. The molecule has 3 N–H and O–H groups in total. The fraction of sp³-hybridized carbons (Fsp3) is 0.600. The quantitative estimate of drug-likeness (QED) is 0.510. The first-order chi connectivity index (χ1) is 15.3. The van der Waals surface area contributed by atoms with Crippen molar-refractivity contribution in [3.05, 3.63) is 29.3 Å². The number of nitrogens with one attached hydrogen (secondary N) is 1. The molecule has 1 aromatic carbocycles. The fourth-order valence-electron chi connectivity index (χ4n) is 3.87. The average Bonchev–Trinajstić information content (AvgIpc) is 2.83. The molecule has 0 saturated carbocycles. The Balaban J connectivity index is 2.39. The van der Waals surface area contributed by atoms with Gasteiger partial charge < -0.3 is 11.1 Å². The summed E-state index contributed by atoms with van der Waals surface area (Å²) in [5.41, 5.74) is 8.61. The van der Waals surface area contributed by atoms with Gasteiger partial charge in [-0.15, -0.1) is 0 Å². The molecule has 1 aliphatic rings. The number of anilines is 1. The van der Waals surface area contributed by atoms with Crippen LogP contribution in [0.15, 0.2) is 23.2 Å². The van der Waals surface area contributed by atoms with Gasteiger partial charge in [0.05, 0.1) is 5.69 Å². The molecule has 32 heavy (non-hydrogen) atoms. The largest absolute Gasteiger partial charge is 0.330 e. The number of imide groups is 1. The first kappa shape index (κ1) is 25.7. The minimum absolute atomic E-state index is 0.215. The van der Waals surface area contributed by atoms with Gasteiger partial charge in [-0.1, -0.05) is 39.7 Å². The van der Waals surface area contributed by atoms with Crippen molar-refractivity contribution in [3.8, 4) is 0 Å². The summed E-state index contributed by atoms with van der Waals surface area (Å²) in [6.07, 6.45) is 4.35. The minimum atomic E-state index is -1.11. The molecular formula is C25H38N4O3. The molecule has 0 radical (unpaired) electrons. The Kier molecular flexibility index (Phi) is 10.0. The van der Waals surface area contributed by atoms with Crippen molar-refractivity contribution in [1.29, 1.82) is 0 Å². The first-order valence-electron chi connectivity index (χ1n) is 11.8. The number of fused-ring (bicyclic) bond motifs is 1. The van der Waals surface area contributed by atoms with E-state index in [1.807, 2.05) is 25.1 Å². The predicted octanol–water partition coefficient (Wildman–Crippen LogP) is 3.72. The van der Waals surface area contributed by atoms with E-state index >= 15 is 0 Å². The van der Waals surface area contributed by atoms with Gasteiger partial charge in [-0.3, -0.25) is 19.4 Å². The Hall–Kier alpha value is -2.54. The van der Waals surface area contributed by atoms with E-state index < -0.39 is 12.1 Å². The van der Waals surface area contributed by atoms with Crippen molar-refractivity contribution < 1.29 is 14.4 Å². The summed E-state index contributed by atoms with van der Waals surface area (Å²) in [5.74, 6) is -0.560. The molecular weight excluding hydrogens is 404 g/mol. The van der Waals surface area contributed by atoms with Crippen LogP contribution in [0.25, 0.3) is 0 Å². The average molecular weight is 443 g/mol. The van der Waals surface area contributed by atoms with Crippen molar-refractivity contribution in [2.75, 3.05) is 11.4 Å². The van der Waals surface area contributed by atoms with Gasteiger partial charge in [0.15, 0.2) is 0 Å². The van der Waals surface area contributed by atoms with Gasteiger partial charge >= 0.3 is 0 Å². The smallest absolute Gasteiger partial charge is 0.279 e. The summed E-state index contributed by atoms with van der Waals surface area (Å²) >= 11 is 0. The van der Waals surface area contributed by atoms with Crippen LogP contribution in [-0.2, 0) is 20.8 Å². The van der Waals surface area contributed by atoms with E-state index in [1.54, 1.807) is 0 Å². The maximum absolute atomic E-state index is 13.4. The van der Waals surface area contributed by atoms with Crippen molar-refractivity contribution >= 4 is 29.1 Å². The normalized spacial score (nSPS) is 15.9. The molecule has 0 spiro atoms. The van der Waals surface area contributed by atoms with Crippen LogP contribution in [0.4, 0.5) is 5.69 Å². The van der Waals surface area contributed by atoms with Gasteiger partial charge in [0.25, 0.3) is 5.91 Å². The van der Waals surface area contributed by atoms with Crippen LogP contribution in [0.5, 0.6) is 0 Å². The van der Waals surface area contributed by atoms with Crippen LogP contribution >= 0.6 is 0 Å². The lowest BCUT2D eigenvalue weighted by molar-refractivity contribution is -0.131. The third-order valence-electron chi connectivity index (χ3n) is 5.51. The van der Waals surface area contributed by atoms with E-state index in [9.17, 15) is 14.4 Å². The van der Waals surface area contributed by atoms with Gasteiger partial charge in [0.1, 0.15) is 0 Å². The van der Waals surface area contributed by atoms with Crippen molar-refractivity contribution in [3.63, 3.8) is 0 Å². The Morgan fingerprint density at radius 3 is 2.53 bits per heavy atom. The van der Waals surface area contributed by atoms with Crippen LogP contribution in [0.3, 0.4) is 0 Å². The summed E-state index contributed by atoms with van der Waals surface area (Å²) in [5, 5.41) is 2.74. The van der Waals surface area contributed by atoms with E-state index in [0.29, 0.717) is 43.1 Å². The molecule has 0 bridgehead atoms. The summed E-state index contributed by atoms with van der Waals surface area (Å²) in [6.45, 7) is 8.68. The number of nitrogens with zero attached hydrogens (tertiary/aromatic N) is 2. The minimum Gasteiger partial charge on any atom is -0.330 e. The van der Waals surface area contributed by atoms with Crippen LogP contribution in [0.1, 0.15) is 83.8 Å². The third kappa shape index (κ3) is 6.99. The summed E-state index contributed by atoms with van der Waals surface area (Å²) in [7, 11) is 0. The number of nitrogens with two attached hydrogens (primary N) is 1. The molecule has 0 saturated heterocycles. The fourth-order valence-corrected chi connectivity index (χ4v) is 3.87. The standard InChI is InChI=1S/C25H38N4O3/c1-5-6-7-10-22(30)28-24-25(32)29(23(31)11-8-9-14-26)21-13-12-19(15-17(2)3)16-20(21)18(4)27-24/h12-13,16-17,24H,5-11,14-15,26H2,1-4H3,(H,28,30). The molecule has 2 rings (SSSR count). The maximum Gasteiger partial charge on any atom is 0.279 e. The topological polar surface area (TPSA) is 105 Å². The highest BCUT2D eigenvalue weighted by Crippen LogP contribution is 2.29. The second-order valence-electron chi connectivity index (χ2n) is 8.90. The highest BCUT2D eigenvalue weighted by molar-refractivity contribution is 6.22. The first-order valence-corrected chi connectivity index (χ1v) is 11.8. The van der Waals surface area contributed by atoms with E-state index in [1.165, 1.54) is 4.90 Å². The zero-order valence-electron chi connectivity index (χ0n) is 19.9. The molecule has 7 heteroatoms. The van der Waals surface area contributed by atoms with E-state index in [4.69, 9.17) is 5.73 Å². The number of hydrogen-bond acceptors (Lipinski definition) is 5. The number of carbonyl (C=O) groups is 3. The van der Waals surface area contributed by atoms with Crippen LogP contribution < -0.4 is 16.0 Å². The molecule has 1 aliphatic heterocycles. The highest BCUT2D eigenvalue weighted by atomic mass is 16.2. The van der Waals surface area contributed by atoms with Crippen molar-refractivity contribution in [2.24, 2.45) is 16.6 Å². The maximum atomic E-state index is 13.4. The molecule has 3 amide bonds. The Morgan fingerprint density at radius 1 is 1.16 bits per heavy atom. The van der Waals surface area contributed by atoms with Crippen molar-refractivity contribution in [2.45, 2.75) is 85.2 Å². The lowest BCUT2D eigenvalue weighted by Crippen LogP contribution is -2.49. The number of unbranched alkanes of at least 4 members (excludes halogenated alkanes) is 3. The number of hydrogen-bond donors (Lipinski definition) is 2. The Morgan fingerprint density at radius 2 is 1.88 bits per heavy atom. The summed E-state index contributed by atoms with van der Waals surface area (Å²) in [6, 6.07) is 5.80.